The molecule has 0 atom stereocenters. The number of ether oxygens (including phenoxy) is 1. The van der Waals surface area contributed by atoms with Gasteiger partial charge in [0, 0.05) is 49.8 Å². The second kappa shape index (κ2) is 10.2. The zero-order valence-electron chi connectivity index (χ0n) is 19.9. The van der Waals surface area contributed by atoms with Crippen molar-refractivity contribution >= 4 is 21.7 Å². The Morgan fingerprint density at radius 3 is 2.33 bits per heavy atom. The van der Waals surface area contributed by atoms with Gasteiger partial charge in [0.1, 0.15) is 0 Å². The number of nitrogens with zero attached hydrogens (tertiary/aromatic N) is 4. The number of morpholine rings is 1. The Morgan fingerprint density at radius 1 is 1.03 bits per heavy atom. The smallest absolute Gasteiger partial charge is 0.243 e. The molecule has 9 nitrogen and oxygen atoms in total. The third-order valence-electron chi connectivity index (χ3n) is 5.73. The highest BCUT2D eigenvalue weighted by Gasteiger charge is 2.27. The van der Waals surface area contributed by atoms with Gasteiger partial charge in [0.2, 0.25) is 15.9 Å². The SMILES string of the molecule is Cc1cc(C(=O)CN(C)CC(=O)N(C)C)c(C)n1-c1cccc(S(=O)(=O)N2CCOCC2)c1. The predicted molar refractivity (Wildman–Crippen MR) is 125 cm³/mol. The lowest BCUT2D eigenvalue weighted by Crippen LogP contribution is -2.40. The van der Waals surface area contributed by atoms with Crippen molar-refractivity contribution in [2.75, 3.05) is 60.5 Å². The maximum atomic E-state index is 13.1. The van der Waals surface area contributed by atoms with Crippen LogP contribution in [0.2, 0.25) is 0 Å². The van der Waals surface area contributed by atoms with E-state index in [2.05, 4.69) is 0 Å². The number of aromatic nitrogens is 1. The van der Waals surface area contributed by atoms with E-state index in [1.54, 1.807) is 44.2 Å². The summed E-state index contributed by atoms with van der Waals surface area (Å²) in [6.45, 7) is 5.41. The molecule has 33 heavy (non-hydrogen) atoms. The number of ketones is 1. The largest absolute Gasteiger partial charge is 0.379 e. The Hall–Kier alpha value is -2.53. The molecule has 1 amide bonds. The van der Waals surface area contributed by atoms with Crippen LogP contribution in [0.4, 0.5) is 0 Å². The third kappa shape index (κ3) is 5.52. The first-order valence-electron chi connectivity index (χ1n) is 10.8. The fourth-order valence-electron chi connectivity index (χ4n) is 3.92. The van der Waals surface area contributed by atoms with Gasteiger partial charge in [-0.05, 0) is 45.2 Å². The normalized spacial score (nSPS) is 15.1. The van der Waals surface area contributed by atoms with Gasteiger partial charge in [0.15, 0.2) is 5.78 Å². The van der Waals surface area contributed by atoms with Crippen LogP contribution in [0, 0.1) is 13.8 Å². The Labute approximate surface area is 195 Å². The van der Waals surface area contributed by atoms with Crippen molar-refractivity contribution in [1.82, 2.24) is 18.7 Å². The molecule has 1 aromatic carbocycles. The number of sulfonamides is 1. The van der Waals surface area contributed by atoms with Gasteiger partial charge in [-0.3, -0.25) is 14.5 Å². The molecule has 0 radical (unpaired) electrons. The molecule has 0 saturated carbocycles. The molecular formula is C23H32N4O5S. The van der Waals surface area contributed by atoms with E-state index in [-0.39, 0.29) is 29.7 Å². The van der Waals surface area contributed by atoms with Crippen molar-refractivity contribution in [3.63, 3.8) is 0 Å². The fraction of sp³-hybridized carbons (Fsp3) is 0.478. The number of carbonyl (C=O) groups excluding carboxylic acids is 2. The highest BCUT2D eigenvalue weighted by Crippen LogP contribution is 2.25. The zero-order valence-corrected chi connectivity index (χ0v) is 20.7. The Bertz CT molecular complexity index is 1130. The molecule has 3 rings (SSSR count). The molecule has 0 unspecified atom stereocenters. The van der Waals surface area contributed by atoms with Gasteiger partial charge in [0.25, 0.3) is 0 Å². The van der Waals surface area contributed by atoms with Crippen molar-refractivity contribution < 1.29 is 22.7 Å². The summed E-state index contributed by atoms with van der Waals surface area (Å²) in [6.07, 6.45) is 0. The van der Waals surface area contributed by atoms with E-state index in [1.807, 2.05) is 30.5 Å². The van der Waals surface area contributed by atoms with Gasteiger partial charge in [-0.25, -0.2) is 8.42 Å². The van der Waals surface area contributed by atoms with Gasteiger partial charge < -0.3 is 14.2 Å². The number of aryl methyl sites for hydroxylation is 1. The molecule has 2 heterocycles. The van der Waals surface area contributed by atoms with Crippen molar-refractivity contribution in [3.8, 4) is 5.69 Å². The molecule has 1 aliphatic heterocycles. The van der Waals surface area contributed by atoms with Gasteiger partial charge >= 0.3 is 0 Å². The Kier molecular flexibility index (Phi) is 7.73. The van der Waals surface area contributed by atoms with Gasteiger partial charge in [-0.2, -0.15) is 4.31 Å². The summed E-state index contributed by atoms with van der Waals surface area (Å²) in [4.78, 5) is 28.3. The third-order valence-corrected chi connectivity index (χ3v) is 7.63. The molecule has 10 heteroatoms. The van der Waals surface area contributed by atoms with Gasteiger partial charge in [0.05, 0.1) is 31.2 Å². The van der Waals surface area contributed by atoms with E-state index in [4.69, 9.17) is 4.74 Å². The molecule has 1 aromatic heterocycles. The fourth-order valence-corrected chi connectivity index (χ4v) is 5.37. The highest BCUT2D eigenvalue weighted by atomic mass is 32.2. The number of hydrogen-bond acceptors (Lipinski definition) is 6. The maximum Gasteiger partial charge on any atom is 0.243 e. The van der Waals surface area contributed by atoms with Crippen molar-refractivity contribution in [2.24, 2.45) is 0 Å². The molecular weight excluding hydrogens is 444 g/mol. The van der Waals surface area contributed by atoms with Crippen LogP contribution in [-0.4, -0.2) is 99.3 Å². The number of likely N-dealkylation sites (N-methyl/N-ethyl adjacent to an activating group) is 2. The minimum absolute atomic E-state index is 0.0749. The van der Waals surface area contributed by atoms with E-state index in [0.717, 1.165) is 11.4 Å². The van der Waals surface area contributed by atoms with Crippen molar-refractivity contribution in [1.29, 1.82) is 0 Å². The number of benzene rings is 1. The minimum Gasteiger partial charge on any atom is -0.379 e. The molecule has 2 aromatic rings. The van der Waals surface area contributed by atoms with Crippen LogP contribution in [0.5, 0.6) is 0 Å². The second-order valence-corrected chi connectivity index (χ2v) is 10.5. The summed E-state index contributed by atoms with van der Waals surface area (Å²) >= 11 is 0. The first kappa shape index (κ1) is 25.1. The van der Waals surface area contributed by atoms with Gasteiger partial charge in [-0.15, -0.1) is 0 Å². The van der Waals surface area contributed by atoms with E-state index < -0.39 is 10.0 Å². The molecule has 0 N–H and O–H groups in total. The number of rotatable bonds is 8. The van der Waals surface area contributed by atoms with Gasteiger partial charge in [-0.1, -0.05) is 6.07 Å². The van der Waals surface area contributed by atoms with Crippen LogP contribution in [0.1, 0.15) is 21.7 Å². The van der Waals surface area contributed by atoms with Crippen LogP contribution < -0.4 is 0 Å². The first-order chi connectivity index (χ1) is 15.5. The first-order valence-corrected chi connectivity index (χ1v) is 12.3. The second-order valence-electron chi connectivity index (χ2n) is 8.52. The van der Waals surface area contributed by atoms with E-state index in [0.29, 0.717) is 37.6 Å². The Morgan fingerprint density at radius 2 is 1.70 bits per heavy atom. The number of carbonyl (C=O) groups is 2. The topological polar surface area (TPSA) is 92.2 Å². The lowest BCUT2D eigenvalue weighted by atomic mass is 10.1. The average molecular weight is 477 g/mol. The maximum absolute atomic E-state index is 13.1. The molecule has 1 fully saturated rings. The van der Waals surface area contributed by atoms with E-state index in [1.165, 1.54) is 9.21 Å². The van der Waals surface area contributed by atoms with Crippen LogP contribution in [0.15, 0.2) is 35.2 Å². The summed E-state index contributed by atoms with van der Waals surface area (Å²) in [5.41, 5.74) is 2.78. The number of Topliss-reactive ketones (excluding diaryl/α,β-unsaturated/α-hetero) is 1. The van der Waals surface area contributed by atoms with Crippen LogP contribution in [-0.2, 0) is 19.6 Å². The lowest BCUT2D eigenvalue weighted by molar-refractivity contribution is -0.129. The molecule has 1 aliphatic rings. The standard InChI is InChI=1S/C23H32N4O5S/c1-17-13-21(22(28)15-25(5)16-23(29)24(3)4)18(2)27(17)19-7-6-8-20(14-19)33(30,31)26-9-11-32-12-10-26/h6-8,13-14H,9-12,15-16H2,1-5H3. The molecule has 0 aliphatic carbocycles. The summed E-state index contributed by atoms with van der Waals surface area (Å²) in [6, 6.07) is 8.58. The summed E-state index contributed by atoms with van der Waals surface area (Å²) in [7, 11) is 1.46. The number of hydrogen-bond donors (Lipinski definition) is 0. The van der Waals surface area contributed by atoms with Crippen LogP contribution >= 0.6 is 0 Å². The van der Waals surface area contributed by atoms with E-state index in [9.17, 15) is 18.0 Å². The monoisotopic (exact) mass is 476 g/mol. The summed E-state index contributed by atoms with van der Waals surface area (Å²) < 4.78 is 34.8. The molecule has 0 spiro atoms. The molecule has 1 saturated heterocycles. The minimum atomic E-state index is -3.63. The van der Waals surface area contributed by atoms with Crippen molar-refractivity contribution in [2.45, 2.75) is 18.7 Å². The summed E-state index contributed by atoms with van der Waals surface area (Å²) in [5.74, 6) is -0.172. The Balaban J connectivity index is 1.86. The zero-order chi connectivity index (χ0) is 24.3. The molecule has 180 valence electrons. The van der Waals surface area contributed by atoms with Crippen LogP contribution in [0.3, 0.4) is 0 Å². The average Bonchev–Trinajstić information content (AvgIpc) is 3.08. The molecule has 0 bridgehead atoms. The lowest BCUT2D eigenvalue weighted by Gasteiger charge is -2.26. The number of amides is 1. The van der Waals surface area contributed by atoms with Crippen LogP contribution in [0.25, 0.3) is 5.69 Å². The van der Waals surface area contributed by atoms with Crippen molar-refractivity contribution in [3.05, 3.63) is 47.3 Å². The van der Waals surface area contributed by atoms with E-state index >= 15 is 0 Å². The summed E-state index contributed by atoms with van der Waals surface area (Å²) in [5, 5.41) is 0. The predicted octanol–water partition coefficient (Wildman–Crippen LogP) is 1.32. The highest BCUT2D eigenvalue weighted by molar-refractivity contribution is 7.89. The quantitative estimate of drug-likeness (QED) is 0.534.